The lowest BCUT2D eigenvalue weighted by Crippen LogP contribution is -2.47. The minimum absolute atomic E-state index is 0.0364. The van der Waals surface area contributed by atoms with Gasteiger partial charge in [-0.15, -0.1) is 0 Å². The van der Waals surface area contributed by atoms with Crippen molar-refractivity contribution in [2.75, 3.05) is 0 Å². The Balaban J connectivity index is 1.37. The number of benzene rings is 2. The number of nitrogens with one attached hydrogen (secondary N) is 1. The summed E-state index contributed by atoms with van der Waals surface area (Å²) in [5, 5.41) is 4.03. The summed E-state index contributed by atoms with van der Waals surface area (Å²) in [5.74, 6) is 1.93. The van der Waals surface area contributed by atoms with Crippen molar-refractivity contribution in [2.24, 2.45) is 28.3 Å². The van der Waals surface area contributed by atoms with Crippen LogP contribution in [0.1, 0.15) is 56.1 Å². The minimum atomic E-state index is -4.80. The van der Waals surface area contributed by atoms with Gasteiger partial charge in [-0.2, -0.15) is 26.7 Å². The molecule has 0 heterocycles. The molecule has 0 radical (unpaired) electrons. The molecule has 10 heteroatoms. The Morgan fingerprint density at radius 2 is 1.64 bits per heavy atom. The second-order valence-corrected chi connectivity index (χ2v) is 12.0. The minimum Gasteiger partial charge on any atom is -0.282 e. The van der Waals surface area contributed by atoms with E-state index >= 15 is 0 Å². The Morgan fingerprint density at radius 1 is 1.03 bits per heavy atom. The van der Waals surface area contributed by atoms with Crippen LogP contribution in [-0.2, 0) is 21.1 Å². The number of rotatable bonds is 6. The van der Waals surface area contributed by atoms with Gasteiger partial charge in [-0.25, -0.2) is 5.43 Å². The molecule has 1 amide bonds. The smallest absolute Gasteiger partial charge is 0.282 e. The topological polar surface area (TPSA) is 95.8 Å². The van der Waals surface area contributed by atoms with Crippen LogP contribution in [0.15, 0.2) is 52.5 Å². The third-order valence-electron chi connectivity index (χ3n) is 7.93. The summed E-state index contributed by atoms with van der Waals surface area (Å²) >= 11 is 0. The van der Waals surface area contributed by atoms with Gasteiger partial charge in [0.1, 0.15) is 4.90 Å². The number of alkyl halides is 3. The van der Waals surface area contributed by atoms with Gasteiger partial charge >= 0.3 is 6.18 Å². The van der Waals surface area contributed by atoms with Crippen LogP contribution in [0.2, 0.25) is 0 Å². The highest BCUT2D eigenvalue weighted by Gasteiger charge is 2.51. The first-order valence-corrected chi connectivity index (χ1v) is 13.5. The standard InChI is InChI=1S/C26H27F3N2O4S/c27-26(28,29)20-5-6-23(36(33,34)35)22(10-20)21-4-2-1-3-19(21)15-30-31-24(32)14-25-11-16-7-17(12-25)9-18(8-16)13-25/h1-6,10,15-18H,7-9,11-14H2,(H,31,32)(H,33,34,35)/b30-15-. The first kappa shape index (κ1) is 25.0. The molecule has 4 bridgehead atoms. The number of carbonyl (C=O) groups is 1. The molecule has 192 valence electrons. The van der Waals surface area contributed by atoms with E-state index in [1.54, 1.807) is 6.07 Å². The van der Waals surface area contributed by atoms with Gasteiger partial charge in [-0.05, 0) is 85.5 Å². The zero-order valence-electron chi connectivity index (χ0n) is 19.5. The van der Waals surface area contributed by atoms with Crippen LogP contribution >= 0.6 is 0 Å². The van der Waals surface area contributed by atoms with E-state index in [0.717, 1.165) is 25.3 Å². The molecular weight excluding hydrogens is 493 g/mol. The van der Waals surface area contributed by atoms with E-state index in [1.807, 2.05) is 0 Å². The van der Waals surface area contributed by atoms with Gasteiger partial charge in [0.25, 0.3) is 10.1 Å². The van der Waals surface area contributed by atoms with Crippen molar-refractivity contribution >= 4 is 22.2 Å². The van der Waals surface area contributed by atoms with Gasteiger partial charge < -0.3 is 0 Å². The number of halogens is 3. The van der Waals surface area contributed by atoms with Crippen LogP contribution in [0.25, 0.3) is 11.1 Å². The lowest BCUT2D eigenvalue weighted by molar-refractivity contribution is -0.137. The predicted molar refractivity (Wildman–Crippen MR) is 128 cm³/mol. The van der Waals surface area contributed by atoms with Crippen molar-refractivity contribution in [3.8, 4) is 11.1 Å². The zero-order valence-corrected chi connectivity index (χ0v) is 20.3. The van der Waals surface area contributed by atoms with Gasteiger partial charge in [0.05, 0.1) is 11.8 Å². The van der Waals surface area contributed by atoms with E-state index in [1.165, 1.54) is 43.7 Å². The van der Waals surface area contributed by atoms with Crippen molar-refractivity contribution < 1.29 is 30.9 Å². The Kier molecular flexibility index (Phi) is 6.23. The number of amides is 1. The fourth-order valence-electron chi connectivity index (χ4n) is 7.06. The molecule has 0 saturated heterocycles. The average Bonchev–Trinajstić information content (AvgIpc) is 2.76. The summed E-state index contributed by atoms with van der Waals surface area (Å²) < 4.78 is 73.4. The van der Waals surface area contributed by atoms with Gasteiger partial charge in [-0.3, -0.25) is 9.35 Å². The van der Waals surface area contributed by atoms with E-state index in [-0.39, 0.29) is 28.0 Å². The lowest BCUT2D eigenvalue weighted by Gasteiger charge is -2.56. The molecule has 4 fully saturated rings. The molecule has 2 aromatic rings. The number of nitrogens with zero attached hydrogens (tertiary/aromatic N) is 1. The first-order chi connectivity index (χ1) is 16.9. The van der Waals surface area contributed by atoms with Crippen LogP contribution in [0.3, 0.4) is 0 Å². The molecule has 0 aliphatic heterocycles. The Labute approximate surface area is 207 Å². The molecule has 0 atom stereocenters. The van der Waals surface area contributed by atoms with E-state index in [2.05, 4.69) is 10.5 Å². The van der Waals surface area contributed by atoms with Crippen LogP contribution in [0, 0.1) is 23.2 Å². The molecule has 0 unspecified atom stereocenters. The molecule has 6 nitrogen and oxygen atoms in total. The quantitative estimate of drug-likeness (QED) is 0.291. The largest absolute Gasteiger partial charge is 0.416 e. The molecule has 4 aliphatic rings. The van der Waals surface area contributed by atoms with E-state index in [9.17, 15) is 30.9 Å². The first-order valence-electron chi connectivity index (χ1n) is 12.0. The van der Waals surface area contributed by atoms with Crippen molar-refractivity contribution in [3.63, 3.8) is 0 Å². The monoisotopic (exact) mass is 520 g/mol. The van der Waals surface area contributed by atoms with E-state index in [4.69, 9.17) is 0 Å². The van der Waals surface area contributed by atoms with Gasteiger partial charge in [0.2, 0.25) is 5.91 Å². The van der Waals surface area contributed by atoms with Crippen LogP contribution < -0.4 is 5.43 Å². The Morgan fingerprint density at radius 3 is 2.22 bits per heavy atom. The van der Waals surface area contributed by atoms with E-state index < -0.39 is 26.8 Å². The maximum atomic E-state index is 13.3. The normalized spacial score (nSPS) is 27.5. The highest BCUT2D eigenvalue weighted by Crippen LogP contribution is 2.61. The highest BCUT2D eigenvalue weighted by molar-refractivity contribution is 7.86. The van der Waals surface area contributed by atoms with Crippen molar-refractivity contribution in [3.05, 3.63) is 53.6 Å². The SMILES string of the molecule is O=C(CC12CC3CC(CC(C3)C1)C2)N/N=C\c1ccccc1-c1cc(C(F)(F)F)ccc1S(=O)(=O)O. The summed E-state index contributed by atoms with van der Waals surface area (Å²) in [6, 6.07) is 8.14. The summed E-state index contributed by atoms with van der Waals surface area (Å²) in [4.78, 5) is 12.1. The van der Waals surface area contributed by atoms with Crippen LogP contribution in [-0.4, -0.2) is 25.1 Å². The number of hydrogen-bond acceptors (Lipinski definition) is 4. The van der Waals surface area contributed by atoms with Crippen molar-refractivity contribution in [1.82, 2.24) is 5.43 Å². The molecule has 4 saturated carbocycles. The average molecular weight is 521 g/mol. The molecule has 6 rings (SSSR count). The number of carbonyl (C=O) groups excluding carboxylic acids is 1. The molecule has 36 heavy (non-hydrogen) atoms. The number of hydrogen-bond donors (Lipinski definition) is 2. The lowest BCUT2D eigenvalue weighted by atomic mass is 9.49. The molecule has 4 aliphatic carbocycles. The summed E-state index contributed by atoms with van der Waals surface area (Å²) in [5.41, 5.74) is 1.63. The van der Waals surface area contributed by atoms with Crippen LogP contribution in [0.5, 0.6) is 0 Å². The predicted octanol–water partition coefficient (Wildman–Crippen LogP) is 5.68. The summed E-state index contributed by atoms with van der Waals surface area (Å²) in [7, 11) is -4.80. The zero-order chi connectivity index (χ0) is 25.7. The molecule has 0 aromatic heterocycles. The molecule has 0 spiro atoms. The maximum Gasteiger partial charge on any atom is 0.416 e. The second-order valence-electron chi connectivity index (χ2n) is 10.7. The fraction of sp³-hybridized carbons (Fsp3) is 0.462. The van der Waals surface area contributed by atoms with Crippen molar-refractivity contribution in [1.29, 1.82) is 0 Å². The second kappa shape index (κ2) is 8.99. The fourth-order valence-corrected chi connectivity index (χ4v) is 7.74. The van der Waals surface area contributed by atoms with Gasteiger partial charge in [0, 0.05) is 17.5 Å². The Bertz CT molecular complexity index is 1290. The third-order valence-corrected chi connectivity index (χ3v) is 8.84. The molecular formula is C26H27F3N2O4S. The molecule has 2 N–H and O–H groups in total. The van der Waals surface area contributed by atoms with Crippen LogP contribution in [0.4, 0.5) is 13.2 Å². The Hall–Kier alpha value is -2.72. The van der Waals surface area contributed by atoms with Crippen molar-refractivity contribution in [2.45, 2.75) is 56.0 Å². The summed E-state index contributed by atoms with van der Waals surface area (Å²) in [6.45, 7) is 0. The summed E-state index contributed by atoms with van der Waals surface area (Å²) in [6.07, 6.45) is 4.02. The highest BCUT2D eigenvalue weighted by atomic mass is 32.2. The maximum absolute atomic E-state index is 13.3. The third kappa shape index (κ3) is 5.06. The van der Waals surface area contributed by atoms with Gasteiger partial charge in [-0.1, -0.05) is 24.3 Å². The molecule has 2 aromatic carbocycles. The van der Waals surface area contributed by atoms with E-state index in [0.29, 0.717) is 36.3 Å². The number of hydrazone groups is 1. The van der Waals surface area contributed by atoms with Gasteiger partial charge in [0.15, 0.2) is 0 Å².